The van der Waals surface area contributed by atoms with Crippen molar-refractivity contribution in [1.29, 1.82) is 0 Å². The monoisotopic (exact) mass is 483 g/mol. The Bertz CT molecular complexity index is 1220. The molecule has 0 bridgehead atoms. The lowest BCUT2D eigenvalue weighted by molar-refractivity contribution is -0.257. The van der Waals surface area contributed by atoms with Crippen LogP contribution >= 0.6 is 24.4 Å². The average molecular weight is 484 g/mol. The van der Waals surface area contributed by atoms with Gasteiger partial charge in [0.1, 0.15) is 20.9 Å². The van der Waals surface area contributed by atoms with Crippen LogP contribution in [0, 0.1) is 4.91 Å². The minimum atomic E-state index is 0.0214. The molecule has 4 aromatic rings. The Labute approximate surface area is 202 Å². The minimum absolute atomic E-state index is 0.0214. The van der Waals surface area contributed by atoms with E-state index in [0.29, 0.717) is 26.6 Å². The number of benzene rings is 3. The predicted molar refractivity (Wildman–Crippen MR) is 134 cm³/mol. The van der Waals surface area contributed by atoms with Crippen LogP contribution in [0.25, 0.3) is 22.1 Å². The first-order valence-corrected chi connectivity index (χ1v) is 11.0. The largest absolute Gasteiger partial charge is 0.491 e. The number of nitrogens with two attached hydrogens (primary N) is 1. The molecule has 0 fully saturated rings. The number of hydrogen-bond donors (Lipinski definition) is 2. The average Bonchev–Trinajstić information content (AvgIpc) is 3.23. The molecule has 1 atom stereocenters. The zero-order valence-electron chi connectivity index (χ0n) is 18.0. The van der Waals surface area contributed by atoms with Crippen molar-refractivity contribution in [1.82, 2.24) is 0 Å². The van der Waals surface area contributed by atoms with Crippen molar-refractivity contribution in [3.8, 4) is 16.9 Å². The number of halogens is 1. The summed E-state index contributed by atoms with van der Waals surface area (Å²) in [5.74, 6) is 0.700. The van der Waals surface area contributed by atoms with Gasteiger partial charge in [0.05, 0.1) is 6.10 Å². The molecular formula is C25H24ClN2O4S+. The molecule has 33 heavy (non-hydrogen) atoms. The molecule has 4 rings (SSSR count). The Morgan fingerprint density at radius 2 is 1.70 bits per heavy atom. The lowest BCUT2D eigenvalue weighted by atomic mass is 10.0. The number of amides is 1. The molecule has 3 aromatic carbocycles. The van der Waals surface area contributed by atoms with E-state index in [1.807, 2.05) is 43.3 Å². The maximum atomic E-state index is 11.5. The van der Waals surface area contributed by atoms with E-state index in [4.69, 9.17) is 25.5 Å². The number of primary amides is 1. The SMILES string of the molecule is CC(CCc1ccc(-c2ccc(Cl)cc2)cc1)Oc1ccc2occ([N+](=O)S)c2c1.NC=O. The number of carbonyl (C=O) groups is 1. The van der Waals surface area contributed by atoms with Gasteiger partial charge in [-0.15, -0.1) is 0 Å². The molecule has 0 radical (unpaired) electrons. The lowest BCUT2D eigenvalue weighted by Crippen LogP contribution is -2.12. The van der Waals surface area contributed by atoms with Crippen molar-refractivity contribution in [3.63, 3.8) is 0 Å². The summed E-state index contributed by atoms with van der Waals surface area (Å²) in [5, 5.41) is 1.42. The molecule has 8 heteroatoms. The first kappa shape index (κ1) is 24.4. The van der Waals surface area contributed by atoms with Crippen LogP contribution < -0.4 is 10.5 Å². The van der Waals surface area contributed by atoms with Gasteiger partial charge in [-0.25, -0.2) is 0 Å². The van der Waals surface area contributed by atoms with Crippen LogP contribution in [0.15, 0.2) is 77.4 Å². The van der Waals surface area contributed by atoms with Gasteiger partial charge in [-0.3, -0.25) is 4.79 Å². The second-order valence-corrected chi connectivity index (χ2v) is 8.16. The first-order chi connectivity index (χ1) is 15.9. The number of ether oxygens (including phenoxy) is 1. The summed E-state index contributed by atoms with van der Waals surface area (Å²) in [6.45, 7) is 2.04. The topological polar surface area (TPSA) is 85.5 Å². The van der Waals surface area contributed by atoms with Gasteiger partial charge in [0.2, 0.25) is 19.2 Å². The summed E-state index contributed by atoms with van der Waals surface area (Å²) < 4.78 is 11.9. The van der Waals surface area contributed by atoms with Gasteiger partial charge < -0.3 is 14.9 Å². The highest BCUT2D eigenvalue weighted by Gasteiger charge is 2.19. The summed E-state index contributed by atoms with van der Waals surface area (Å²) in [7, 11) is 0. The fourth-order valence-electron chi connectivity index (χ4n) is 3.38. The van der Waals surface area contributed by atoms with Gasteiger partial charge in [-0.05, 0) is 66.8 Å². The third-order valence-corrected chi connectivity index (χ3v) is 5.51. The number of nitrogens with zero attached hydrogens (tertiary/aromatic N) is 1. The number of fused-ring (bicyclic) bond motifs is 1. The van der Waals surface area contributed by atoms with Crippen molar-refractivity contribution in [3.05, 3.63) is 88.5 Å². The highest BCUT2D eigenvalue weighted by atomic mass is 35.5. The Morgan fingerprint density at radius 3 is 2.30 bits per heavy atom. The summed E-state index contributed by atoms with van der Waals surface area (Å²) >= 11 is 9.78. The normalized spacial score (nSPS) is 11.4. The van der Waals surface area contributed by atoms with Crippen LogP contribution in [0.2, 0.25) is 5.02 Å². The second-order valence-electron chi connectivity index (χ2n) is 7.36. The molecule has 1 amide bonds. The third-order valence-electron chi connectivity index (χ3n) is 5.04. The maximum Gasteiger partial charge on any atom is 0.318 e. The van der Waals surface area contributed by atoms with Crippen LogP contribution in [0.3, 0.4) is 0 Å². The van der Waals surface area contributed by atoms with Crippen molar-refractivity contribution >= 4 is 47.5 Å². The lowest BCUT2D eigenvalue weighted by Gasteiger charge is -2.15. The zero-order valence-corrected chi connectivity index (χ0v) is 19.6. The first-order valence-electron chi connectivity index (χ1n) is 10.3. The molecule has 0 aliphatic rings. The van der Waals surface area contributed by atoms with Gasteiger partial charge in [-0.2, -0.15) is 0 Å². The highest BCUT2D eigenvalue weighted by Crippen LogP contribution is 2.32. The van der Waals surface area contributed by atoms with Gasteiger partial charge in [0, 0.05) is 9.93 Å². The molecule has 0 saturated carbocycles. The van der Waals surface area contributed by atoms with Crippen molar-refractivity contribution in [2.45, 2.75) is 25.9 Å². The smallest absolute Gasteiger partial charge is 0.318 e. The van der Waals surface area contributed by atoms with Crippen LogP contribution in [0.1, 0.15) is 18.9 Å². The zero-order chi connectivity index (χ0) is 23.8. The third kappa shape index (κ3) is 6.60. The van der Waals surface area contributed by atoms with Gasteiger partial charge in [0.15, 0.2) is 6.26 Å². The summed E-state index contributed by atoms with van der Waals surface area (Å²) in [4.78, 5) is 20.1. The van der Waals surface area contributed by atoms with E-state index in [1.165, 1.54) is 17.4 Å². The van der Waals surface area contributed by atoms with E-state index in [1.54, 1.807) is 6.07 Å². The van der Waals surface area contributed by atoms with E-state index < -0.39 is 0 Å². The van der Waals surface area contributed by atoms with Crippen LogP contribution in [-0.4, -0.2) is 16.7 Å². The Kier molecular flexibility index (Phi) is 8.52. The molecule has 1 heterocycles. The standard InChI is InChI=1S/C24H21ClNO3S.CH3NO/c1-16(29-21-12-13-24-22(14-21)23(15-28-24)26(27)30)2-3-17-4-6-18(7-5-17)19-8-10-20(25)11-9-19;2-1-3/h4-16H,2-3H2,1H3,(H,27,30);1H,(H2,2,3)/q+1;. The molecule has 0 aliphatic carbocycles. The second kappa shape index (κ2) is 11.5. The van der Waals surface area contributed by atoms with Crippen LogP contribution in [-0.2, 0) is 11.2 Å². The molecule has 1 aromatic heterocycles. The molecule has 0 aliphatic heterocycles. The van der Waals surface area contributed by atoms with Gasteiger partial charge >= 0.3 is 5.69 Å². The van der Waals surface area contributed by atoms with Gasteiger partial charge in [0.25, 0.3) is 0 Å². The number of aryl methyl sites for hydroxylation is 1. The number of thiol groups is 1. The summed E-state index contributed by atoms with van der Waals surface area (Å²) in [6.07, 6.45) is 3.45. The minimum Gasteiger partial charge on any atom is -0.491 e. The Balaban J connectivity index is 0.000000968. The fraction of sp³-hybridized carbons (Fsp3) is 0.160. The summed E-state index contributed by atoms with van der Waals surface area (Å²) in [5.41, 5.74) is 8.73. The molecule has 170 valence electrons. The van der Waals surface area contributed by atoms with Crippen molar-refractivity contribution < 1.29 is 18.1 Å². The van der Waals surface area contributed by atoms with Crippen molar-refractivity contribution in [2.24, 2.45) is 5.73 Å². The van der Waals surface area contributed by atoms with E-state index in [-0.39, 0.29) is 12.5 Å². The Hall–Kier alpha value is -3.29. The number of carbonyl (C=O) groups excluding carboxylic acids is 1. The molecule has 0 saturated heterocycles. The quantitative estimate of drug-likeness (QED) is 0.178. The fourth-order valence-corrected chi connectivity index (χ4v) is 3.66. The van der Waals surface area contributed by atoms with Crippen molar-refractivity contribution in [2.75, 3.05) is 0 Å². The highest BCUT2D eigenvalue weighted by molar-refractivity contribution is 7.73. The Morgan fingerprint density at radius 1 is 1.09 bits per heavy atom. The van der Waals surface area contributed by atoms with Gasteiger partial charge in [-0.1, -0.05) is 48.0 Å². The van der Waals surface area contributed by atoms with Crippen LogP contribution in [0.4, 0.5) is 5.69 Å². The predicted octanol–water partition coefficient (Wildman–Crippen LogP) is 6.51. The molecule has 6 nitrogen and oxygen atoms in total. The number of rotatable bonds is 7. The molecular weight excluding hydrogens is 460 g/mol. The molecule has 1 unspecified atom stereocenters. The maximum absolute atomic E-state index is 11.5. The number of hydrogen-bond acceptors (Lipinski definition) is 4. The molecule has 0 spiro atoms. The van der Waals surface area contributed by atoms with E-state index in [2.05, 4.69) is 42.8 Å². The molecule has 2 N–H and O–H groups in total. The van der Waals surface area contributed by atoms with E-state index in [9.17, 15) is 4.91 Å². The van der Waals surface area contributed by atoms with Crippen LogP contribution in [0.5, 0.6) is 5.75 Å². The summed E-state index contributed by atoms with van der Waals surface area (Å²) in [6, 6.07) is 21.9. The van der Waals surface area contributed by atoms with E-state index in [0.717, 1.165) is 23.4 Å². The number of furan rings is 1. The van der Waals surface area contributed by atoms with E-state index >= 15 is 0 Å². The number of nitroso groups, excluding NO2 is 1.